The van der Waals surface area contributed by atoms with Gasteiger partial charge in [0, 0.05) is 23.7 Å². The van der Waals surface area contributed by atoms with Gasteiger partial charge in [-0.25, -0.2) is 0 Å². The SMILES string of the molecule is COc1cc(NC(=O)C(C)Cc2ccccc2)cc(OC)c1OC. The van der Waals surface area contributed by atoms with E-state index in [1.165, 1.54) is 0 Å². The summed E-state index contributed by atoms with van der Waals surface area (Å²) >= 11 is 0. The van der Waals surface area contributed by atoms with Gasteiger partial charge in [-0.3, -0.25) is 4.79 Å². The Morgan fingerprint density at radius 1 is 1.00 bits per heavy atom. The maximum Gasteiger partial charge on any atom is 0.227 e. The first-order valence-electron chi connectivity index (χ1n) is 7.73. The van der Waals surface area contributed by atoms with Crippen LogP contribution in [0.5, 0.6) is 17.2 Å². The highest BCUT2D eigenvalue weighted by atomic mass is 16.5. The van der Waals surface area contributed by atoms with Crippen LogP contribution in [0.15, 0.2) is 42.5 Å². The lowest BCUT2D eigenvalue weighted by atomic mass is 10.0. The quantitative estimate of drug-likeness (QED) is 0.844. The minimum absolute atomic E-state index is 0.0619. The molecule has 0 fully saturated rings. The van der Waals surface area contributed by atoms with Crippen LogP contribution >= 0.6 is 0 Å². The van der Waals surface area contributed by atoms with E-state index in [1.807, 2.05) is 37.3 Å². The Morgan fingerprint density at radius 3 is 2.08 bits per heavy atom. The number of methoxy groups -OCH3 is 3. The van der Waals surface area contributed by atoms with Crippen molar-refractivity contribution in [1.82, 2.24) is 0 Å². The molecule has 0 aliphatic rings. The number of amides is 1. The molecule has 2 rings (SSSR count). The van der Waals surface area contributed by atoms with Crippen LogP contribution in [0, 0.1) is 5.92 Å². The molecule has 2 aromatic carbocycles. The molecule has 0 spiro atoms. The number of carbonyl (C=O) groups is 1. The smallest absolute Gasteiger partial charge is 0.227 e. The van der Waals surface area contributed by atoms with E-state index in [0.717, 1.165) is 5.56 Å². The second-order valence-electron chi connectivity index (χ2n) is 5.49. The Balaban J connectivity index is 2.13. The van der Waals surface area contributed by atoms with Gasteiger partial charge in [0.2, 0.25) is 11.7 Å². The van der Waals surface area contributed by atoms with E-state index in [1.54, 1.807) is 33.5 Å². The number of hydrogen-bond donors (Lipinski definition) is 1. The molecule has 1 unspecified atom stereocenters. The monoisotopic (exact) mass is 329 g/mol. The van der Waals surface area contributed by atoms with E-state index in [-0.39, 0.29) is 11.8 Å². The van der Waals surface area contributed by atoms with Gasteiger partial charge >= 0.3 is 0 Å². The molecule has 0 aliphatic heterocycles. The number of carbonyl (C=O) groups excluding carboxylic acids is 1. The number of benzene rings is 2. The lowest BCUT2D eigenvalue weighted by Gasteiger charge is -2.16. The van der Waals surface area contributed by atoms with Crippen molar-refractivity contribution in [3.05, 3.63) is 48.0 Å². The summed E-state index contributed by atoms with van der Waals surface area (Å²) < 4.78 is 15.9. The number of anilines is 1. The minimum atomic E-state index is -0.161. The highest BCUT2D eigenvalue weighted by Crippen LogP contribution is 2.40. The Morgan fingerprint density at radius 2 is 1.58 bits per heavy atom. The fourth-order valence-corrected chi connectivity index (χ4v) is 2.48. The van der Waals surface area contributed by atoms with Crippen LogP contribution < -0.4 is 19.5 Å². The molecule has 5 heteroatoms. The zero-order valence-electron chi connectivity index (χ0n) is 14.5. The van der Waals surface area contributed by atoms with Crippen molar-refractivity contribution in [3.8, 4) is 17.2 Å². The molecule has 5 nitrogen and oxygen atoms in total. The Hall–Kier alpha value is -2.69. The van der Waals surface area contributed by atoms with Crippen LogP contribution in [-0.4, -0.2) is 27.2 Å². The Kier molecular flexibility index (Phi) is 6.07. The van der Waals surface area contributed by atoms with Gasteiger partial charge in [-0.2, -0.15) is 0 Å². The molecule has 0 aromatic heterocycles. The van der Waals surface area contributed by atoms with Gasteiger partial charge in [0.05, 0.1) is 21.3 Å². The summed E-state index contributed by atoms with van der Waals surface area (Å²) in [6.45, 7) is 1.90. The average Bonchev–Trinajstić information content (AvgIpc) is 2.61. The van der Waals surface area contributed by atoms with E-state index < -0.39 is 0 Å². The maximum absolute atomic E-state index is 12.4. The molecule has 128 valence electrons. The highest BCUT2D eigenvalue weighted by Gasteiger charge is 2.17. The normalized spacial score (nSPS) is 11.5. The van der Waals surface area contributed by atoms with Gasteiger partial charge in [0.1, 0.15) is 0 Å². The van der Waals surface area contributed by atoms with Crippen molar-refractivity contribution >= 4 is 11.6 Å². The molecule has 0 radical (unpaired) electrons. The van der Waals surface area contributed by atoms with Crippen molar-refractivity contribution in [1.29, 1.82) is 0 Å². The third-order valence-electron chi connectivity index (χ3n) is 3.76. The van der Waals surface area contributed by atoms with Crippen molar-refractivity contribution in [2.45, 2.75) is 13.3 Å². The molecule has 0 saturated carbocycles. The molecule has 24 heavy (non-hydrogen) atoms. The summed E-state index contributed by atoms with van der Waals surface area (Å²) in [5.74, 6) is 1.28. The van der Waals surface area contributed by atoms with Crippen LogP contribution in [0.1, 0.15) is 12.5 Å². The minimum Gasteiger partial charge on any atom is -0.493 e. The van der Waals surface area contributed by atoms with Gasteiger partial charge in [-0.1, -0.05) is 37.3 Å². The third kappa shape index (κ3) is 4.19. The van der Waals surface area contributed by atoms with E-state index in [4.69, 9.17) is 14.2 Å². The van der Waals surface area contributed by atoms with Crippen LogP contribution in [0.3, 0.4) is 0 Å². The number of hydrogen-bond acceptors (Lipinski definition) is 4. The first kappa shape index (κ1) is 17.7. The summed E-state index contributed by atoms with van der Waals surface area (Å²) in [4.78, 5) is 12.4. The van der Waals surface area contributed by atoms with Gasteiger partial charge in [-0.05, 0) is 12.0 Å². The molecule has 0 aliphatic carbocycles. The van der Waals surface area contributed by atoms with E-state index in [9.17, 15) is 4.79 Å². The predicted molar refractivity (Wildman–Crippen MR) is 94.0 cm³/mol. The molecule has 1 atom stereocenters. The van der Waals surface area contributed by atoms with E-state index >= 15 is 0 Å². The summed E-state index contributed by atoms with van der Waals surface area (Å²) in [6.07, 6.45) is 0.678. The van der Waals surface area contributed by atoms with Gasteiger partial charge < -0.3 is 19.5 Å². The van der Waals surface area contributed by atoms with Crippen molar-refractivity contribution < 1.29 is 19.0 Å². The lowest BCUT2D eigenvalue weighted by molar-refractivity contribution is -0.119. The van der Waals surface area contributed by atoms with Crippen molar-refractivity contribution in [2.75, 3.05) is 26.6 Å². The largest absolute Gasteiger partial charge is 0.493 e. The highest BCUT2D eigenvalue weighted by molar-refractivity contribution is 5.93. The average molecular weight is 329 g/mol. The van der Waals surface area contributed by atoms with Crippen LogP contribution in [0.25, 0.3) is 0 Å². The molecule has 1 amide bonds. The zero-order chi connectivity index (χ0) is 17.5. The predicted octanol–water partition coefficient (Wildman–Crippen LogP) is 3.53. The first-order chi connectivity index (χ1) is 11.6. The fourth-order valence-electron chi connectivity index (χ4n) is 2.48. The topological polar surface area (TPSA) is 56.8 Å². The molecule has 0 bridgehead atoms. The standard InChI is InChI=1S/C19H23NO4/c1-13(10-14-8-6-5-7-9-14)19(21)20-15-11-16(22-2)18(24-4)17(12-15)23-3/h5-9,11-13H,10H2,1-4H3,(H,20,21). The van der Waals surface area contributed by atoms with E-state index in [2.05, 4.69) is 5.32 Å². The number of ether oxygens (including phenoxy) is 3. The molecular formula is C19H23NO4. The van der Waals surface area contributed by atoms with Gasteiger partial charge in [0.25, 0.3) is 0 Å². The molecule has 0 saturated heterocycles. The van der Waals surface area contributed by atoms with Crippen molar-refractivity contribution in [3.63, 3.8) is 0 Å². The molecule has 0 heterocycles. The lowest BCUT2D eigenvalue weighted by Crippen LogP contribution is -2.22. The van der Waals surface area contributed by atoms with Gasteiger partial charge in [0.15, 0.2) is 11.5 Å². The molecule has 1 N–H and O–H groups in total. The molecule has 2 aromatic rings. The number of nitrogens with one attached hydrogen (secondary N) is 1. The summed E-state index contributed by atoms with van der Waals surface area (Å²) in [5.41, 5.74) is 1.74. The van der Waals surface area contributed by atoms with Crippen LogP contribution in [0.2, 0.25) is 0 Å². The van der Waals surface area contributed by atoms with Gasteiger partial charge in [-0.15, -0.1) is 0 Å². The summed E-state index contributed by atoms with van der Waals surface area (Å²) in [5, 5.41) is 2.91. The second kappa shape index (κ2) is 8.24. The fraction of sp³-hybridized carbons (Fsp3) is 0.316. The zero-order valence-corrected chi connectivity index (χ0v) is 14.5. The Bertz CT molecular complexity index is 660. The van der Waals surface area contributed by atoms with Crippen molar-refractivity contribution in [2.24, 2.45) is 5.92 Å². The third-order valence-corrected chi connectivity index (χ3v) is 3.76. The first-order valence-corrected chi connectivity index (χ1v) is 7.73. The maximum atomic E-state index is 12.4. The van der Waals surface area contributed by atoms with Crippen LogP contribution in [0.4, 0.5) is 5.69 Å². The Labute approximate surface area is 142 Å². The second-order valence-corrected chi connectivity index (χ2v) is 5.49. The summed E-state index contributed by atoms with van der Waals surface area (Å²) in [7, 11) is 4.63. The summed E-state index contributed by atoms with van der Waals surface area (Å²) in [6, 6.07) is 13.4. The van der Waals surface area contributed by atoms with E-state index in [0.29, 0.717) is 29.4 Å². The molecular weight excluding hydrogens is 306 g/mol. The number of rotatable bonds is 7. The van der Waals surface area contributed by atoms with Crippen LogP contribution in [-0.2, 0) is 11.2 Å².